The van der Waals surface area contributed by atoms with Gasteiger partial charge in [0.2, 0.25) is 0 Å². The van der Waals surface area contributed by atoms with Crippen LogP contribution < -0.4 is 5.32 Å². The minimum absolute atomic E-state index is 0.249. The average molecular weight is 196 g/mol. The summed E-state index contributed by atoms with van der Waals surface area (Å²) in [6.07, 6.45) is -1.14. The van der Waals surface area contributed by atoms with Gasteiger partial charge in [-0.05, 0) is 12.6 Å². The van der Waals surface area contributed by atoms with Crippen molar-refractivity contribution >= 4 is 5.97 Å². The molecule has 0 fully saturated rings. The Hall–Kier alpha value is -1.39. The van der Waals surface area contributed by atoms with E-state index >= 15 is 0 Å². The zero-order valence-corrected chi connectivity index (χ0v) is 7.55. The Balaban J connectivity index is 2.81. The van der Waals surface area contributed by atoms with E-state index in [4.69, 9.17) is 6.48 Å². The summed E-state index contributed by atoms with van der Waals surface area (Å²) in [4.78, 5) is 10.8. The van der Waals surface area contributed by atoms with Gasteiger partial charge >= 0.3 is 5.97 Å². The molecule has 0 aliphatic carbocycles. The Morgan fingerprint density at radius 3 is 2.64 bits per heavy atom. The number of hydrogen-bond acceptors (Lipinski definition) is 3. The molecule has 0 heterocycles. The fraction of sp³-hybridized carbons (Fsp3) is 0.300. The van der Waals surface area contributed by atoms with Crippen molar-refractivity contribution in [2.45, 2.75) is 12.1 Å². The second-order valence-corrected chi connectivity index (χ2v) is 2.88. The molecule has 0 spiro atoms. The van der Waals surface area contributed by atoms with Crippen LogP contribution in [-0.4, -0.2) is 29.2 Å². The van der Waals surface area contributed by atoms with Crippen LogP contribution in [0.1, 0.15) is 13.0 Å². The van der Waals surface area contributed by atoms with Gasteiger partial charge in [0, 0.05) is 1.37 Å². The fourth-order valence-corrected chi connectivity index (χ4v) is 1.18. The molecule has 1 aromatic rings. The number of aliphatic carboxylic acids is 1. The topological polar surface area (TPSA) is 69.6 Å². The van der Waals surface area contributed by atoms with Crippen LogP contribution in [0, 0.1) is 0 Å². The zero-order valence-electron chi connectivity index (χ0n) is 8.55. The van der Waals surface area contributed by atoms with Crippen molar-refractivity contribution in [3.63, 3.8) is 0 Å². The largest absolute Gasteiger partial charge is 0.480 e. The lowest BCUT2D eigenvalue weighted by Gasteiger charge is -2.18. The maximum Gasteiger partial charge on any atom is 0.323 e. The highest BCUT2D eigenvalue weighted by atomic mass is 16.4. The van der Waals surface area contributed by atoms with Crippen LogP contribution in [-0.2, 0) is 4.79 Å². The molecule has 0 bridgehead atoms. The molecule has 3 N–H and O–H groups in total. The van der Waals surface area contributed by atoms with Crippen molar-refractivity contribution in [2.24, 2.45) is 0 Å². The molecule has 4 heteroatoms. The van der Waals surface area contributed by atoms with E-state index < -0.39 is 18.1 Å². The van der Waals surface area contributed by atoms with Crippen molar-refractivity contribution in [3.05, 3.63) is 35.9 Å². The lowest BCUT2D eigenvalue weighted by molar-refractivity contribution is -0.142. The molecule has 4 nitrogen and oxygen atoms in total. The van der Waals surface area contributed by atoms with Crippen molar-refractivity contribution in [3.8, 4) is 0 Å². The lowest BCUT2D eigenvalue weighted by atomic mass is 10.0. The van der Waals surface area contributed by atoms with E-state index in [-0.39, 0.29) is 7.02 Å². The van der Waals surface area contributed by atoms with Gasteiger partial charge in [0.15, 0.2) is 0 Å². The van der Waals surface area contributed by atoms with Crippen LogP contribution in [0.25, 0.3) is 0 Å². The fourth-order valence-electron chi connectivity index (χ4n) is 1.18. The van der Waals surface area contributed by atoms with Gasteiger partial charge < -0.3 is 15.5 Å². The predicted octanol–water partition coefficient (Wildman–Crippen LogP) is 0.393. The molecule has 1 unspecified atom stereocenters. The van der Waals surface area contributed by atoms with Crippen molar-refractivity contribution < 1.29 is 16.4 Å². The van der Waals surface area contributed by atoms with Crippen LogP contribution in [0.3, 0.4) is 0 Å². The van der Waals surface area contributed by atoms with Crippen LogP contribution in [0.2, 0.25) is 0 Å². The minimum atomic E-state index is -1.17. The number of hydrogen-bond donors (Lipinski definition) is 3. The summed E-state index contributed by atoms with van der Waals surface area (Å²) < 4.78 is 6.90. The third kappa shape index (κ3) is 2.31. The van der Waals surface area contributed by atoms with Crippen LogP contribution in [0.5, 0.6) is 0 Å². The third-order valence-corrected chi connectivity index (χ3v) is 1.94. The molecule has 1 rings (SSSR count). The zero-order chi connectivity index (χ0) is 11.3. The second-order valence-electron chi connectivity index (χ2n) is 2.88. The molecule has 0 radical (unpaired) electrons. The molecular weight excluding hydrogens is 182 g/mol. The Bertz CT molecular complexity index is 318. The maximum atomic E-state index is 10.8. The molecule has 76 valence electrons. The molecule has 14 heavy (non-hydrogen) atoms. The predicted molar refractivity (Wildman–Crippen MR) is 51.9 cm³/mol. The van der Waals surface area contributed by atoms with Crippen molar-refractivity contribution in [1.29, 1.82) is 0 Å². The van der Waals surface area contributed by atoms with Gasteiger partial charge in [0.1, 0.15) is 12.1 Å². The monoisotopic (exact) mass is 196 g/mol. The van der Waals surface area contributed by atoms with Gasteiger partial charge in [-0.15, -0.1) is 0 Å². The molecule has 0 aliphatic rings. The summed E-state index contributed by atoms with van der Waals surface area (Å²) in [6.45, 7) is 0. The number of carbonyl (C=O) groups is 1. The lowest BCUT2D eigenvalue weighted by Crippen LogP contribution is -2.39. The highest BCUT2D eigenvalue weighted by Crippen LogP contribution is 2.16. The number of aliphatic hydroxyl groups excluding tert-OH is 1. The van der Waals surface area contributed by atoms with E-state index in [2.05, 4.69) is 5.32 Å². The van der Waals surface area contributed by atoms with Crippen LogP contribution in [0.15, 0.2) is 30.3 Å². The molecule has 1 aromatic carbocycles. The first kappa shape index (κ1) is 9.18. The Morgan fingerprint density at radius 2 is 2.14 bits per heavy atom. The molecule has 0 saturated heterocycles. The quantitative estimate of drug-likeness (QED) is 0.651. The first-order chi connectivity index (χ1) is 7.16. The normalized spacial score (nSPS) is 15.6. The highest BCUT2D eigenvalue weighted by Gasteiger charge is 2.25. The molecule has 0 amide bonds. The summed E-state index contributed by atoms with van der Waals surface area (Å²) in [5.41, 5.74) is 0.519. The van der Waals surface area contributed by atoms with E-state index in [0.717, 1.165) is 0 Å². The number of aliphatic hydroxyl groups is 1. The summed E-state index contributed by atoms with van der Waals surface area (Å²) in [5, 5.41) is 21.0. The van der Waals surface area contributed by atoms with Gasteiger partial charge in [-0.1, -0.05) is 30.3 Å². The second kappa shape index (κ2) is 4.74. The Morgan fingerprint density at radius 1 is 1.50 bits per heavy atom. The van der Waals surface area contributed by atoms with Crippen LogP contribution in [0.4, 0.5) is 0 Å². The highest BCUT2D eigenvalue weighted by molar-refractivity contribution is 5.74. The van der Waals surface area contributed by atoms with E-state index in [9.17, 15) is 9.90 Å². The number of rotatable bonds is 4. The average Bonchev–Trinajstić information content (AvgIpc) is 2.26. The number of likely N-dealkylation sites (N-methyl/N-ethyl adjacent to an activating group) is 1. The molecule has 0 saturated carbocycles. The molecule has 0 aliphatic heterocycles. The maximum absolute atomic E-state index is 10.8. The third-order valence-electron chi connectivity index (χ3n) is 1.94. The van der Waals surface area contributed by atoms with E-state index in [1.165, 1.54) is 0 Å². The summed E-state index contributed by atoms with van der Waals surface area (Å²) >= 11 is 0. The molecule has 0 aromatic heterocycles. The summed E-state index contributed by atoms with van der Waals surface area (Å²) in [6, 6.07) is 7.36. The number of benzene rings is 1. The van der Waals surface area contributed by atoms with E-state index in [1.54, 1.807) is 30.3 Å². The van der Waals surface area contributed by atoms with Gasteiger partial charge in [0.05, 0.1) is 0 Å². The number of carboxylic acids is 1. The van der Waals surface area contributed by atoms with Gasteiger partial charge in [-0.25, -0.2) is 0 Å². The Kier molecular flexibility index (Phi) is 3.10. The van der Waals surface area contributed by atoms with Gasteiger partial charge in [-0.3, -0.25) is 4.79 Å². The molecule has 2 atom stereocenters. The van der Waals surface area contributed by atoms with Crippen molar-refractivity contribution in [1.82, 2.24) is 5.32 Å². The van der Waals surface area contributed by atoms with Gasteiger partial charge in [0.25, 0.3) is 0 Å². The summed E-state index contributed by atoms with van der Waals surface area (Å²) in [5.74, 6) is -1.17. The first-order valence-electron chi connectivity index (χ1n) is 4.86. The summed E-state index contributed by atoms with van der Waals surface area (Å²) in [7, 11) is -0.249. The van der Waals surface area contributed by atoms with Gasteiger partial charge in [-0.2, -0.15) is 0 Å². The van der Waals surface area contributed by atoms with E-state index in [1.807, 2.05) is 0 Å². The smallest absolute Gasteiger partial charge is 0.323 e. The standard InChI is InChI=1S/C10H13NO3/c1-11-8(10(13)14)9(12)7-5-3-2-4-6-7/h2-6,8-9,11-12H,1H3,(H,13,14)/t8-,9?/m0/s1/i1D. The minimum Gasteiger partial charge on any atom is -0.480 e. The number of carboxylic acid groups (broad SMARTS) is 1. The van der Waals surface area contributed by atoms with E-state index in [0.29, 0.717) is 5.56 Å². The number of nitrogens with one attached hydrogen (secondary N) is 1. The SMILES string of the molecule is [2H]CN[C@H](C(=O)O)C(O)c1ccccc1. The van der Waals surface area contributed by atoms with Crippen LogP contribution >= 0.6 is 0 Å². The first-order valence-corrected chi connectivity index (χ1v) is 4.15. The molecular formula is C10H13NO3. The Labute approximate surface area is 83.6 Å². The van der Waals surface area contributed by atoms with Crippen molar-refractivity contribution in [2.75, 3.05) is 7.02 Å².